The van der Waals surface area contributed by atoms with E-state index in [1.807, 2.05) is 24.3 Å². The molecule has 1 fully saturated rings. The van der Waals surface area contributed by atoms with Crippen LogP contribution in [0.2, 0.25) is 0 Å². The van der Waals surface area contributed by atoms with Gasteiger partial charge in [-0.1, -0.05) is 19.9 Å². The molecule has 1 aliphatic heterocycles. The van der Waals surface area contributed by atoms with Gasteiger partial charge >= 0.3 is 0 Å². The second-order valence-corrected chi connectivity index (χ2v) is 8.72. The fourth-order valence-electron chi connectivity index (χ4n) is 4.55. The number of furan rings is 1. The zero-order chi connectivity index (χ0) is 22.1. The average molecular weight is 433 g/mol. The summed E-state index contributed by atoms with van der Waals surface area (Å²) < 4.78 is 7.26. The smallest absolute Gasteiger partial charge is 0.253 e. The lowest BCUT2D eigenvalue weighted by Crippen LogP contribution is -2.40. The fourth-order valence-corrected chi connectivity index (χ4v) is 4.55. The number of aromatic nitrogens is 5. The molecule has 3 aromatic heterocycles. The zero-order valence-electron chi connectivity index (χ0n) is 18.5. The highest BCUT2D eigenvalue weighted by Crippen LogP contribution is 2.31. The Bertz CT molecular complexity index is 1250. The Balaban J connectivity index is 1.62. The summed E-state index contributed by atoms with van der Waals surface area (Å²) in [5.41, 5.74) is 2.66. The molecule has 4 heterocycles. The van der Waals surface area contributed by atoms with Crippen molar-refractivity contribution in [3.8, 4) is 0 Å². The number of aromatic amines is 1. The highest BCUT2D eigenvalue weighted by molar-refractivity contribution is 5.80. The minimum Gasteiger partial charge on any atom is -0.467 e. The largest absolute Gasteiger partial charge is 0.467 e. The molecular formula is C24H28N6O2. The number of nitrogens with one attached hydrogen (secondary N) is 1. The molecule has 32 heavy (non-hydrogen) atoms. The van der Waals surface area contributed by atoms with Crippen LogP contribution in [0, 0.1) is 5.92 Å². The molecule has 0 amide bonds. The monoisotopic (exact) mass is 432 g/mol. The minimum atomic E-state index is -0.328. The third kappa shape index (κ3) is 3.98. The van der Waals surface area contributed by atoms with E-state index in [4.69, 9.17) is 4.42 Å². The maximum atomic E-state index is 13.3. The van der Waals surface area contributed by atoms with Crippen LogP contribution in [0.25, 0.3) is 10.9 Å². The van der Waals surface area contributed by atoms with Gasteiger partial charge in [0.1, 0.15) is 18.3 Å². The van der Waals surface area contributed by atoms with Crippen LogP contribution in [0.5, 0.6) is 0 Å². The van der Waals surface area contributed by atoms with Gasteiger partial charge < -0.3 is 9.40 Å². The molecule has 0 radical (unpaired) electrons. The van der Waals surface area contributed by atoms with Crippen molar-refractivity contribution >= 4 is 10.9 Å². The van der Waals surface area contributed by atoms with Crippen LogP contribution >= 0.6 is 0 Å². The summed E-state index contributed by atoms with van der Waals surface area (Å²) in [4.78, 5) is 18.7. The van der Waals surface area contributed by atoms with Crippen LogP contribution in [0.1, 0.15) is 55.4 Å². The van der Waals surface area contributed by atoms with Gasteiger partial charge in [-0.2, -0.15) is 0 Å². The molecule has 0 spiro atoms. The van der Waals surface area contributed by atoms with Gasteiger partial charge in [0.15, 0.2) is 5.82 Å². The van der Waals surface area contributed by atoms with Crippen LogP contribution in [0.15, 0.2) is 51.9 Å². The summed E-state index contributed by atoms with van der Waals surface area (Å²) in [6, 6.07) is 11.6. The first-order valence-corrected chi connectivity index (χ1v) is 11.3. The summed E-state index contributed by atoms with van der Waals surface area (Å²) in [6.45, 7) is 6.62. The summed E-state index contributed by atoms with van der Waals surface area (Å²) in [7, 11) is 0. The molecule has 166 valence electrons. The maximum absolute atomic E-state index is 13.3. The van der Waals surface area contributed by atoms with Crippen molar-refractivity contribution in [1.82, 2.24) is 30.1 Å². The molecule has 0 bridgehead atoms. The Hall–Kier alpha value is -3.26. The molecule has 8 nitrogen and oxygen atoms in total. The number of fused-ring (bicyclic) bond motifs is 1. The molecule has 1 atom stereocenters. The molecule has 1 aliphatic rings. The number of pyridine rings is 1. The summed E-state index contributed by atoms with van der Waals surface area (Å²) in [5.74, 6) is 2.10. The lowest BCUT2D eigenvalue weighted by Gasteiger charge is -2.35. The van der Waals surface area contributed by atoms with E-state index >= 15 is 0 Å². The molecular weight excluding hydrogens is 404 g/mol. The van der Waals surface area contributed by atoms with Gasteiger partial charge in [-0.05, 0) is 90.0 Å². The summed E-state index contributed by atoms with van der Waals surface area (Å²) in [5, 5.41) is 13.6. The van der Waals surface area contributed by atoms with Crippen molar-refractivity contribution in [3.05, 3.63) is 75.7 Å². The van der Waals surface area contributed by atoms with Gasteiger partial charge in [0.25, 0.3) is 5.56 Å². The normalized spacial score (nSPS) is 16.6. The summed E-state index contributed by atoms with van der Waals surface area (Å²) >= 11 is 0. The summed E-state index contributed by atoms with van der Waals surface area (Å²) in [6.07, 6.45) is 4.75. The van der Waals surface area contributed by atoms with E-state index in [0.717, 1.165) is 49.0 Å². The number of hydrogen-bond acceptors (Lipinski definition) is 6. The molecule has 5 rings (SSSR count). The molecule has 0 aliphatic carbocycles. The highest BCUT2D eigenvalue weighted by atomic mass is 16.3. The van der Waals surface area contributed by atoms with Gasteiger partial charge in [-0.25, -0.2) is 4.68 Å². The van der Waals surface area contributed by atoms with Gasteiger partial charge in [-0.15, -0.1) is 5.10 Å². The number of H-pyrrole nitrogens is 1. The number of aryl methyl sites for hydroxylation is 1. The number of rotatable bonds is 6. The Labute approximate surface area is 186 Å². The molecule has 4 aromatic rings. The standard InChI is InChI=1S/C24H28N6O2/c1-3-17-6-7-21-18(13-17)14-20(24(31)25-21)22(29-10-8-16(2)9-11-29)23-26-27-28-30(23)15-19-5-4-12-32-19/h4-7,12-14,16,22H,3,8-11,15H2,1-2H3,(H,25,31)/t22-/m0/s1. The predicted molar refractivity (Wildman–Crippen MR) is 121 cm³/mol. The number of hydrogen-bond donors (Lipinski definition) is 1. The van der Waals surface area contributed by atoms with E-state index in [1.54, 1.807) is 10.9 Å². The number of likely N-dealkylation sites (tertiary alicyclic amines) is 1. The second kappa shape index (κ2) is 8.70. The van der Waals surface area contributed by atoms with Crippen molar-refractivity contribution < 1.29 is 4.42 Å². The molecule has 1 aromatic carbocycles. The van der Waals surface area contributed by atoms with Crippen molar-refractivity contribution in [3.63, 3.8) is 0 Å². The van der Waals surface area contributed by atoms with E-state index in [1.165, 1.54) is 5.56 Å². The molecule has 0 unspecified atom stereocenters. The second-order valence-electron chi connectivity index (χ2n) is 8.72. The fraction of sp³-hybridized carbons (Fsp3) is 0.417. The molecule has 8 heteroatoms. The first kappa shape index (κ1) is 20.6. The molecule has 1 N–H and O–H groups in total. The van der Waals surface area contributed by atoms with Gasteiger partial charge in [-0.3, -0.25) is 9.69 Å². The Kier molecular flexibility index (Phi) is 5.61. The minimum absolute atomic E-state index is 0.0991. The van der Waals surface area contributed by atoms with Crippen molar-refractivity contribution in [2.24, 2.45) is 5.92 Å². The van der Waals surface area contributed by atoms with E-state index in [0.29, 0.717) is 23.9 Å². The lowest BCUT2D eigenvalue weighted by molar-refractivity contribution is 0.149. The Morgan fingerprint density at radius 3 is 2.81 bits per heavy atom. The first-order valence-electron chi connectivity index (χ1n) is 11.3. The number of piperidine rings is 1. The predicted octanol–water partition coefficient (Wildman–Crippen LogP) is 3.54. The van der Waals surface area contributed by atoms with E-state index < -0.39 is 0 Å². The van der Waals surface area contributed by atoms with Gasteiger partial charge in [0.05, 0.1) is 6.26 Å². The quantitative estimate of drug-likeness (QED) is 0.501. The zero-order valence-corrected chi connectivity index (χ0v) is 18.5. The number of tetrazole rings is 1. The van der Waals surface area contributed by atoms with E-state index in [9.17, 15) is 4.79 Å². The SMILES string of the molecule is CCc1ccc2[nH]c(=O)c([C@@H](c3nnnn3Cc3ccco3)N3CCC(C)CC3)cc2c1. The third-order valence-corrected chi connectivity index (χ3v) is 6.51. The van der Waals surface area contributed by atoms with Crippen LogP contribution < -0.4 is 5.56 Å². The average Bonchev–Trinajstić information content (AvgIpc) is 3.48. The number of benzene rings is 1. The van der Waals surface area contributed by atoms with Crippen LogP contribution in [0.4, 0.5) is 0 Å². The Morgan fingerprint density at radius 2 is 2.06 bits per heavy atom. The highest BCUT2D eigenvalue weighted by Gasteiger charge is 2.32. The maximum Gasteiger partial charge on any atom is 0.253 e. The molecule has 1 saturated heterocycles. The Morgan fingerprint density at radius 1 is 1.22 bits per heavy atom. The molecule has 0 saturated carbocycles. The van der Waals surface area contributed by atoms with Crippen molar-refractivity contribution in [2.75, 3.05) is 13.1 Å². The van der Waals surface area contributed by atoms with E-state index in [-0.39, 0.29) is 11.6 Å². The number of nitrogens with zero attached hydrogens (tertiary/aromatic N) is 5. The lowest BCUT2D eigenvalue weighted by atomic mass is 9.95. The topological polar surface area (TPSA) is 92.8 Å². The van der Waals surface area contributed by atoms with Crippen LogP contribution in [-0.2, 0) is 13.0 Å². The van der Waals surface area contributed by atoms with Crippen molar-refractivity contribution in [1.29, 1.82) is 0 Å². The van der Waals surface area contributed by atoms with Crippen LogP contribution in [0.3, 0.4) is 0 Å². The van der Waals surface area contributed by atoms with Crippen molar-refractivity contribution in [2.45, 2.75) is 45.7 Å². The van der Waals surface area contributed by atoms with Gasteiger partial charge in [0, 0.05) is 11.1 Å². The first-order chi connectivity index (χ1) is 15.6. The van der Waals surface area contributed by atoms with E-state index in [2.05, 4.69) is 51.4 Å². The van der Waals surface area contributed by atoms with Gasteiger partial charge in [0.2, 0.25) is 0 Å². The third-order valence-electron chi connectivity index (χ3n) is 6.51. The van der Waals surface area contributed by atoms with Crippen LogP contribution in [-0.4, -0.2) is 43.2 Å².